The lowest BCUT2D eigenvalue weighted by molar-refractivity contribution is -0.113. The van der Waals surface area contributed by atoms with Crippen molar-refractivity contribution in [3.63, 3.8) is 0 Å². The van der Waals surface area contributed by atoms with Crippen LogP contribution in [-0.4, -0.2) is 10.9 Å². The highest BCUT2D eigenvalue weighted by Crippen LogP contribution is 2.14. The lowest BCUT2D eigenvalue weighted by atomic mass is 10.1. The third kappa shape index (κ3) is 2.73. The Labute approximate surface area is 83.9 Å². The van der Waals surface area contributed by atoms with E-state index in [9.17, 15) is 4.79 Å². The molecule has 0 bridgehead atoms. The fourth-order valence-electron chi connectivity index (χ4n) is 1.22. The Morgan fingerprint density at radius 2 is 1.93 bits per heavy atom. The van der Waals surface area contributed by atoms with Crippen molar-refractivity contribution in [1.29, 1.82) is 0 Å². The number of phenolic OH excluding ortho intramolecular Hbond substituents is 1. The summed E-state index contributed by atoms with van der Waals surface area (Å²) >= 11 is 0. The summed E-state index contributed by atoms with van der Waals surface area (Å²) in [5.74, 6) is 0.337. The third-order valence-corrected chi connectivity index (χ3v) is 2.07. The van der Waals surface area contributed by atoms with Gasteiger partial charge >= 0.3 is 0 Å². The Kier molecular flexibility index (Phi) is 3.46. The summed E-state index contributed by atoms with van der Waals surface area (Å²) in [6, 6.07) is 6.79. The average Bonchev–Trinajstić information content (AvgIpc) is 2.16. The predicted octanol–water partition coefficient (Wildman–Crippen LogP) is 2.77. The number of phenols is 1. The number of aromatic hydroxyl groups is 1. The van der Waals surface area contributed by atoms with Crippen LogP contribution >= 0.6 is 0 Å². The van der Waals surface area contributed by atoms with Gasteiger partial charge in [-0.05, 0) is 42.7 Å². The summed E-state index contributed by atoms with van der Waals surface area (Å²) < 4.78 is 0. The minimum atomic E-state index is 0.0978. The maximum Gasteiger partial charge on any atom is 0.155 e. The number of carbonyl (C=O) groups is 1. The first-order valence-electron chi connectivity index (χ1n) is 4.64. The first kappa shape index (κ1) is 10.5. The molecule has 0 aliphatic carbocycles. The molecule has 1 aromatic rings. The van der Waals surface area contributed by atoms with Crippen molar-refractivity contribution < 1.29 is 9.90 Å². The van der Waals surface area contributed by atoms with Crippen LogP contribution in [0.3, 0.4) is 0 Å². The molecule has 0 aliphatic heterocycles. The molecule has 0 saturated carbocycles. The number of ketones is 1. The van der Waals surface area contributed by atoms with Gasteiger partial charge in [-0.25, -0.2) is 0 Å². The first-order chi connectivity index (χ1) is 6.63. The zero-order valence-corrected chi connectivity index (χ0v) is 8.45. The topological polar surface area (TPSA) is 37.3 Å². The van der Waals surface area contributed by atoms with Crippen molar-refractivity contribution in [2.75, 3.05) is 0 Å². The molecule has 1 aromatic carbocycles. The van der Waals surface area contributed by atoms with Crippen molar-refractivity contribution in [3.05, 3.63) is 35.4 Å². The number of carbonyl (C=O) groups excluding carboxylic acids is 1. The number of hydrogen-bond donors (Lipinski definition) is 1. The van der Waals surface area contributed by atoms with Crippen LogP contribution in [0.25, 0.3) is 6.08 Å². The van der Waals surface area contributed by atoms with E-state index in [1.807, 2.05) is 13.0 Å². The maximum atomic E-state index is 11.1. The second-order valence-corrected chi connectivity index (χ2v) is 3.17. The minimum absolute atomic E-state index is 0.0978. The van der Waals surface area contributed by atoms with Crippen molar-refractivity contribution in [1.82, 2.24) is 0 Å². The number of Topliss-reactive ketones (excluding diaryl/α,β-unsaturated/α-hetero) is 1. The van der Waals surface area contributed by atoms with E-state index in [4.69, 9.17) is 5.11 Å². The molecule has 1 rings (SSSR count). The van der Waals surface area contributed by atoms with Crippen molar-refractivity contribution in [3.8, 4) is 5.75 Å². The smallest absolute Gasteiger partial charge is 0.155 e. The Bertz CT molecular complexity index is 347. The fourth-order valence-corrected chi connectivity index (χ4v) is 1.22. The van der Waals surface area contributed by atoms with Crippen molar-refractivity contribution in [2.45, 2.75) is 20.3 Å². The van der Waals surface area contributed by atoms with E-state index in [1.54, 1.807) is 31.2 Å². The van der Waals surface area contributed by atoms with E-state index in [-0.39, 0.29) is 11.5 Å². The van der Waals surface area contributed by atoms with Crippen LogP contribution in [0.2, 0.25) is 0 Å². The maximum absolute atomic E-state index is 11.1. The summed E-state index contributed by atoms with van der Waals surface area (Å²) in [7, 11) is 0. The van der Waals surface area contributed by atoms with Gasteiger partial charge in [-0.15, -0.1) is 0 Å². The van der Waals surface area contributed by atoms with Crippen LogP contribution in [0.5, 0.6) is 5.75 Å². The Morgan fingerprint density at radius 1 is 1.36 bits per heavy atom. The molecule has 2 heteroatoms. The van der Waals surface area contributed by atoms with E-state index < -0.39 is 0 Å². The van der Waals surface area contributed by atoms with Crippen LogP contribution in [-0.2, 0) is 4.79 Å². The van der Waals surface area contributed by atoms with Gasteiger partial charge in [-0.3, -0.25) is 4.79 Å². The highest BCUT2D eigenvalue weighted by molar-refractivity contribution is 5.97. The molecule has 0 heterocycles. The first-order valence-corrected chi connectivity index (χ1v) is 4.64. The minimum Gasteiger partial charge on any atom is -0.508 e. The molecule has 0 spiro atoms. The largest absolute Gasteiger partial charge is 0.508 e. The summed E-state index contributed by atoms with van der Waals surface area (Å²) in [5.41, 5.74) is 1.74. The van der Waals surface area contributed by atoms with Gasteiger partial charge in [0.25, 0.3) is 0 Å². The molecule has 0 fully saturated rings. The molecular formula is C12H14O2. The van der Waals surface area contributed by atoms with Crippen LogP contribution in [0.1, 0.15) is 25.8 Å². The zero-order valence-electron chi connectivity index (χ0n) is 8.45. The monoisotopic (exact) mass is 190 g/mol. The molecular weight excluding hydrogens is 176 g/mol. The summed E-state index contributed by atoms with van der Waals surface area (Å²) in [6.07, 6.45) is 2.58. The van der Waals surface area contributed by atoms with Gasteiger partial charge in [0.05, 0.1) is 0 Å². The SMILES string of the molecule is CC/C(=C/c1ccc(O)cc1)C(C)=O. The van der Waals surface area contributed by atoms with E-state index in [0.29, 0.717) is 0 Å². The summed E-state index contributed by atoms with van der Waals surface area (Å²) in [5, 5.41) is 9.07. The molecule has 0 atom stereocenters. The lowest BCUT2D eigenvalue weighted by Gasteiger charge is -1.99. The van der Waals surface area contributed by atoms with E-state index >= 15 is 0 Å². The van der Waals surface area contributed by atoms with E-state index in [2.05, 4.69) is 0 Å². The number of benzene rings is 1. The molecule has 0 amide bonds. The van der Waals surface area contributed by atoms with Gasteiger partial charge in [0.15, 0.2) is 5.78 Å². The normalized spacial score (nSPS) is 11.4. The second kappa shape index (κ2) is 4.61. The van der Waals surface area contributed by atoms with Crippen LogP contribution in [0.15, 0.2) is 29.8 Å². The molecule has 0 aromatic heterocycles. The molecule has 74 valence electrons. The molecule has 0 aliphatic rings. The predicted molar refractivity (Wildman–Crippen MR) is 57.1 cm³/mol. The summed E-state index contributed by atoms with van der Waals surface area (Å²) in [4.78, 5) is 11.1. The Morgan fingerprint density at radius 3 is 2.36 bits per heavy atom. The van der Waals surface area contributed by atoms with Gasteiger partial charge in [-0.1, -0.05) is 19.1 Å². The highest BCUT2D eigenvalue weighted by atomic mass is 16.3. The number of allylic oxidation sites excluding steroid dienone is 1. The number of hydrogen-bond acceptors (Lipinski definition) is 2. The molecule has 0 radical (unpaired) electrons. The number of rotatable bonds is 3. The molecule has 1 N–H and O–H groups in total. The van der Waals surface area contributed by atoms with Gasteiger partial charge in [0.2, 0.25) is 0 Å². The van der Waals surface area contributed by atoms with Crippen LogP contribution in [0, 0.1) is 0 Å². The van der Waals surface area contributed by atoms with Crippen molar-refractivity contribution >= 4 is 11.9 Å². The van der Waals surface area contributed by atoms with Crippen LogP contribution in [0.4, 0.5) is 0 Å². The zero-order chi connectivity index (χ0) is 10.6. The van der Waals surface area contributed by atoms with Gasteiger partial charge in [-0.2, -0.15) is 0 Å². The van der Waals surface area contributed by atoms with Crippen LogP contribution < -0.4 is 0 Å². The highest BCUT2D eigenvalue weighted by Gasteiger charge is 2.00. The van der Waals surface area contributed by atoms with Gasteiger partial charge in [0, 0.05) is 0 Å². The molecule has 0 saturated heterocycles. The second-order valence-electron chi connectivity index (χ2n) is 3.17. The molecule has 2 nitrogen and oxygen atoms in total. The van der Waals surface area contributed by atoms with E-state index in [0.717, 1.165) is 17.6 Å². The third-order valence-electron chi connectivity index (χ3n) is 2.07. The Hall–Kier alpha value is -1.57. The fraction of sp³-hybridized carbons (Fsp3) is 0.250. The summed E-state index contributed by atoms with van der Waals surface area (Å²) in [6.45, 7) is 3.52. The Balaban J connectivity index is 2.95. The van der Waals surface area contributed by atoms with Gasteiger partial charge < -0.3 is 5.11 Å². The molecule has 0 unspecified atom stereocenters. The lowest BCUT2D eigenvalue weighted by Crippen LogP contribution is -1.94. The van der Waals surface area contributed by atoms with Crippen molar-refractivity contribution in [2.24, 2.45) is 0 Å². The quantitative estimate of drug-likeness (QED) is 0.744. The standard InChI is InChI=1S/C12H14O2/c1-3-11(9(2)13)8-10-4-6-12(14)7-5-10/h4-8,14H,3H2,1-2H3/b11-8-. The molecule has 14 heavy (non-hydrogen) atoms. The van der Waals surface area contributed by atoms with Gasteiger partial charge in [0.1, 0.15) is 5.75 Å². The average molecular weight is 190 g/mol. The van der Waals surface area contributed by atoms with E-state index in [1.165, 1.54) is 0 Å².